The maximum absolute atomic E-state index is 12.1. The molecule has 1 fully saturated rings. The third-order valence-electron chi connectivity index (χ3n) is 3.37. The average Bonchev–Trinajstić information content (AvgIpc) is 2.42. The molecule has 0 spiro atoms. The number of ether oxygens (including phenoxy) is 1. The molecule has 19 heavy (non-hydrogen) atoms. The zero-order valence-corrected chi connectivity index (χ0v) is 11.3. The van der Waals surface area contributed by atoms with E-state index >= 15 is 0 Å². The number of nitrogens with two attached hydrogens (primary N) is 1. The zero-order valence-electron chi connectivity index (χ0n) is 11.3. The molecule has 0 aliphatic carbocycles. The predicted molar refractivity (Wildman–Crippen MR) is 76.0 cm³/mol. The lowest BCUT2D eigenvalue weighted by molar-refractivity contribution is 0.104. The average molecular weight is 263 g/mol. The van der Waals surface area contributed by atoms with Gasteiger partial charge in [0, 0.05) is 37.5 Å². The Morgan fingerprint density at radius 1 is 1.47 bits per heavy atom. The van der Waals surface area contributed by atoms with Crippen molar-refractivity contribution in [1.82, 2.24) is 4.90 Å². The number of carbonyl (C=O) groups is 1. The normalized spacial score (nSPS) is 19.2. The second kappa shape index (κ2) is 6.43. The van der Waals surface area contributed by atoms with Crippen molar-refractivity contribution in [1.29, 1.82) is 0 Å². The topological polar surface area (TPSA) is 67.6 Å². The lowest BCUT2D eigenvalue weighted by Gasteiger charge is -2.32. The van der Waals surface area contributed by atoms with E-state index in [1.807, 2.05) is 17.0 Å². The minimum Gasteiger partial charge on any atom is -0.399 e. The first-order valence-electron chi connectivity index (χ1n) is 6.59. The summed E-state index contributed by atoms with van der Waals surface area (Å²) in [6.45, 7) is 2.28. The van der Waals surface area contributed by atoms with Crippen LogP contribution in [0.25, 0.3) is 0 Å². The fraction of sp³-hybridized carbons (Fsp3) is 0.500. The van der Waals surface area contributed by atoms with Gasteiger partial charge in [0.1, 0.15) is 0 Å². The second-order valence-electron chi connectivity index (χ2n) is 4.96. The highest BCUT2D eigenvalue weighted by Gasteiger charge is 2.23. The summed E-state index contributed by atoms with van der Waals surface area (Å²) >= 11 is 0. The van der Waals surface area contributed by atoms with Gasteiger partial charge in [-0.25, -0.2) is 4.79 Å². The summed E-state index contributed by atoms with van der Waals surface area (Å²) in [6.07, 6.45) is 2.16. The molecule has 5 heteroatoms. The molecule has 1 aromatic rings. The maximum atomic E-state index is 12.1. The van der Waals surface area contributed by atoms with Gasteiger partial charge in [0.05, 0.1) is 6.61 Å². The van der Waals surface area contributed by atoms with Crippen LogP contribution in [-0.4, -0.2) is 37.7 Å². The number of anilines is 2. The van der Waals surface area contributed by atoms with Gasteiger partial charge < -0.3 is 20.7 Å². The van der Waals surface area contributed by atoms with E-state index in [1.165, 1.54) is 0 Å². The number of nitrogens with one attached hydrogen (secondary N) is 1. The molecular weight excluding hydrogens is 242 g/mol. The number of likely N-dealkylation sites (tertiary alicyclic amines) is 1. The Bertz CT molecular complexity index is 417. The molecule has 2 amide bonds. The van der Waals surface area contributed by atoms with Crippen molar-refractivity contribution >= 4 is 17.4 Å². The summed E-state index contributed by atoms with van der Waals surface area (Å²) in [6, 6.07) is 7.12. The SMILES string of the molecule is COCC1CCCN(C(=O)Nc2ccc(N)cc2)C1. The minimum absolute atomic E-state index is 0.0504. The van der Waals surface area contributed by atoms with Gasteiger partial charge in [0.15, 0.2) is 0 Å². The summed E-state index contributed by atoms with van der Waals surface area (Å²) < 4.78 is 5.17. The fourth-order valence-electron chi connectivity index (χ4n) is 2.39. The van der Waals surface area contributed by atoms with Gasteiger partial charge in [-0.3, -0.25) is 0 Å². The molecule has 104 valence electrons. The Kier molecular flexibility index (Phi) is 4.63. The van der Waals surface area contributed by atoms with Crippen molar-refractivity contribution in [2.75, 3.05) is 37.9 Å². The van der Waals surface area contributed by atoms with Gasteiger partial charge in [0.2, 0.25) is 0 Å². The van der Waals surface area contributed by atoms with Crippen LogP contribution in [0.5, 0.6) is 0 Å². The van der Waals surface area contributed by atoms with Crippen molar-refractivity contribution in [3.8, 4) is 0 Å². The van der Waals surface area contributed by atoms with Gasteiger partial charge in [0.25, 0.3) is 0 Å². The predicted octanol–water partition coefficient (Wildman–Crippen LogP) is 2.16. The lowest BCUT2D eigenvalue weighted by atomic mass is 9.99. The number of carbonyl (C=O) groups excluding carboxylic acids is 1. The first-order valence-corrected chi connectivity index (χ1v) is 6.59. The van der Waals surface area contributed by atoms with Crippen LogP contribution in [0.3, 0.4) is 0 Å². The van der Waals surface area contributed by atoms with Crippen LogP contribution >= 0.6 is 0 Å². The Morgan fingerprint density at radius 2 is 2.21 bits per heavy atom. The van der Waals surface area contributed by atoms with Crippen LogP contribution < -0.4 is 11.1 Å². The number of nitrogen functional groups attached to an aromatic ring is 1. The molecule has 1 aromatic carbocycles. The molecule has 0 saturated carbocycles. The molecule has 0 aromatic heterocycles. The van der Waals surface area contributed by atoms with Crippen LogP contribution in [0.2, 0.25) is 0 Å². The summed E-state index contributed by atoms with van der Waals surface area (Å²) in [7, 11) is 1.70. The van der Waals surface area contributed by atoms with Crippen LogP contribution in [0.4, 0.5) is 16.2 Å². The van der Waals surface area contributed by atoms with E-state index in [0.29, 0.717) is 18.2 Å². The molecule has 0 bridgehead atoms. The third kappa shape index (κ3) is 3.86. The van der Waals surface area contributed by atoms with Gasteiger partial charge in [-0.15, -0.1) is 0 Å². The number of hydrogen-bond donors (Lipinski definition) is 2. The Labute approximate surface area is 113 Å². The summed E-state index contributed by atoms with van der Waals surface area (Å²) in [5.41, 5.74) is 7.08. The molecule has 0 radical (unpaired) electrons. The van der Waals surface area contributed by atoms with Crippen molar-refractivity contribution < 1.29 is 9.53 Å². The second-order valence-corrected chi connectivity index (χ2v) is 4.96. The van der Waals surface area contributed by atoms with Gasteiger partial charge in [-0.2, -0.15) is 0 Å². The van der Waals surface area contributed by atoms with E-state index in [4.69, 9.17) is 10.5 Å². The van der Waals surface area contributed by atoms with E-state index < -0.39 is 0 Å². The molecule has 1 aliphatic heterocycles. The first-order chi connectivity index (χ1) is 9.19. The summed E-state index contributed by atoms with van der Waals surface area (Å²) in [4.78, 5) is 14.0. The van der Waals surface area contributed by atoms with E-state index in [0.717, 1.165) is 31.6 Å². The number of urea groups is 1. The number of piperidine rings is 1. The molecule has 2 rings (SSSR count). The molecule has 1 heterocycles. The first kappa shape index (κ1) is 13.7. The standard InChI is InChI=1S/C14H21N3O2/c1-19-10-11-3-2-8-17(9-11)14(18)16-13-6-4-12(15)5-7-13/h4-7,11H,2-3,8-10,15H2,1H3,(H,16,18). The molecular formula is C14H21N3O2. The van der Waals surface area contributed by atoms with Gasteiger partial charge >= 0.3 is 6.03 Å². The van der Waals surface area contributed by atoms with Crippen LogP contribution in [0, 0.1) is 5.92 Å². The number of nitrogens with zero attached hydrogens (tertiary/aromatic N) is 1. The minimum atomic E-state index is -0.0504. The highest BCUT2D eigenvalue weighted by Crippen LogP contribution is 2.18. The van der Waals surface area contributed by atoms with E-state index in [1.54, 1.807) is 19.2 Å². The number of hydrogen-bond acceptors (Lipinski definition) is 3. The van der Waals surface area contributed by atoms with Crippen LogP contribution in [0.1, 0.15) is 12.8 Å². The number of rotatable bonds is 3. The van der Waals surface area contributed by atoms with Crippen molar-refractivity contribution in [2.45, 2.75) is 12.8 Å². The fourth-order valence-corrected chi connectivity index (χ4v) is 2.39. The smallest absolute Gasteiger partial charge is 0.321 e. The highest BCUT2D eigenvalue weighted by molar-refractivity contribution is 5.89. The van der Waals surface area contributed by atoms with E-state index in [2.05, 4.69) is 5.32 Å². The Balaban J connectivity index is 1.90. The largest absolute Gasteiger partial charge is 0.399 e. The Morgan fingerprint density at radius 3 is 2.89 bits per heavy atom. The zero-order chi connectivity index (χ0) is 13.7. The highest BCUT2D eigenvalue weighted by atomic mass is 16.5. The number of amides is 2. The monoisotopic (exact) mass is 263 g/mol. The van der Waals surface area contributed by atoms with Crippen molar-refractivity contribution in [3.63, 3.8) is 0 Å². The quantitative estimate of drug-likeness (QED) is 0.821. The van der Waals surface area contributed by atoms with Gasteiger partial charge in [-0.1, -0.05) is 0 Å². The molecule has 5 nitrogen and oxygen atoms in total. The molecule has 1 saturated heterocycles. The Hall–Kier alpha value is -1.75. The van der Waals surface area contributed by atoms with E-state index in [9.17, 15) is 4.79 Å². The summed E-state index contributed by atoms with van der Waals surface area (Å²) in [5, 5.41) is 2.89. The molecule has 1 aliphatic rings. The summed E-state index contributed by atoms with van der Waals surface area (Å²) in [5.74, 6) is 0.441. The van der Waals surface area contributed by atoms with Gasteiger partial charge in [-0.05, 0) is 37.1 Å². The maximum Gasteiger partial charge on any atom is 0.321 e. The number of methoxy groups -OCH3 is 1. The van der Waals surface area contributed by atoms with Crippen molar-refractivity contribution in [2.24, 2.45) is 5.92 Å². The molecule has 3 N–H and O–H groups in total. The number of benzene rings is 1. The lowest BCUT2D eigenvalue weighted by Crippen LogP contribution is -2.43. The molecule has 1 atom stereocenters. The van der Waals surface area contributed by atoms with Crippen LogP contribution in [0.15, 0.2) is 24.3 Å². The van der Waals surface area contributed by atoms with E-state index in [-0.39, 0.29) is 6.03 Å². The van der Waals surface area contributed by atoms with Crippen molar-refractivity contribution in [3.05, 3.63) is 24.3 Å². The third-order valence-corrected chi connectivity index (χ3v) is 3.37. The molecule has 1 unspecified atom stereocenters. The van der Waals surface area contributed by atoms with Crippen LogP contribution in [-0.2, 0) is 4.74 Å².